The zero-order valence-corrected chi connectivity index (χ0v) is 7.18. The molecular weight excluding hydrogens is 177 g/mol. The van der Waals surface area contributed by atoms with Crippen LogP contribution in [-0.4, -0.2) is 6.04 Å². The molecule has 0 aliphatic heterocycles. The monoisotopic (exact) mass is 185 g/mol. The van der Waals surface area contributed by atoms with Crippen molar-refractivity contribution in [2.24, 2.45) is 5.73 Å². The maximum Gasteiger partial charge on any atom is 0.141 e. The summed E-state index contributed by atoms with van der Waals surface area (Å²) in [4.78, 5) is 0. The van der Waals surface area contributed by atoms with Crippen molar-refractivity contribution >= 4 is 11.6 Å². The molecule has 0 bridgehead atoms. The van der Waals surface area contributed by atoms with Gasteiger partial charge < -0.3 is 5.73 Å². The van der Waals surface area contributed by atoms with Gasteiger partial charge in [0, 0.05) is 12.0 Å². The first-order chi connectivity index (χ1) is 5.68. The Balaban J connectivity index is 2.29. The van der Waals surface area contributed by atoms with E-state index in [1.54, 1.807) is 12.1 Å². The summed E-state index contributed by atoms with van der Waals surface area (Å²) >= 11 is 5.62. The van der Waals surface area contributed by atoms with E-state index in [0.717, 1.165) is 12.0 Å². The SMILES string of the molecule is N[C@@H]1C[C@H]1c1ccc(F)c(Cl)c1. The third-order valence-electron chi connectivity index (χ3n) is 2.21. The smallest absolute Gasteiger partial charge is 0.141 e. The second-order valence-corrected chi connectivity index (χ2v) is 3.59. The van der Waals surface area contributed by atoms with Crippen molar-refractivity contribution in [3.8, 4) is 0 Å². The summed E-state index contributed by atoms with van der Waals surface area (Å²) in [6, 6.07) is 5.04. The predicted octanol–water partition coefficient (Wildman–Crippen LogP) is 2.29. The highest BCUT2D eigenvalue weighted by molar-refractivity contribution is 6.30. The normalized spacial score (nSPS) is 27.2. The molecular formula is C9H9ClFN. The van der Waals surface area contributed by atoms with E-state index in [2.05, 4.69) is 0 Å². The Bertz CT molecular complexity index is 313. The molecule has 0 unspecified atom stereocenters. The lowest BCUT2D eigenvalue weighted by atomic mass is 10.1. The Morgan fingerprint density at radius 1 is 1.50 bits per heavy atom. The molecule has 0 aromatic heterocycles. The molecule has 2 rings (SSSR count). The zero-order chi connectivity index (χ0) is 8.72. The zero-order valence-electron chi connectivity index (χ0n) is 6.43. The molecule has 12 heavy (non-hydrogen) atoms. The Morgan fingerprint density at radius 3 is 2.67 bits per heavy atom. The van der Waals surface area contributed by atoms with Crippen molar-refractivity contribution in [3.05, 3.63) is 34.6 Å². The van der Waals surface area contributed by atoms with Gasteiger partial charge in [0.2, 0.25) is 0 Å². The minimum atomic E-state index is -0.366. The summed E-state index contributed by atoms with van der Waals surface area (Å²) in [5.41, 5.74) is 6.70. The average molecular weight is 186 g/mol. The van der Waals surface area contributed by atoms with Crippen molar-refractivity contribution in [1.82, 2.24) is 0 Å². The summed E-state index contributed by atoms with van der Waals surface area (Å²) in [6.07, 6.45) is 0.988. The first kappa shape index (κ1) is 8.02. The molecule has 1 saturated carbocycles. The van der Waals surface area contributed by atoms with Crippen LogP contribution in [0.2, 0.25) is 5.02 Å². The largest absolute Gasteiger partial charge is 0.327 e. The van der Waals surface area contributed by atoms with E-state index in [0.29, 0.717) is 5.92 Å². The van der Waals surface area contributed by atoms with Crippen LogP contribution in [-0.2, 0) is 0 Å². The van der Waals surface area contributed by atoms with Gasteiger partial charge in [0.25, 0.3) is 0 Å². The molecule has 3 heteroatoms. The minimum absolute atomic E-state index is 0.187. The van der Waals surface area contributed by atoms with Crippen LogP contribution < -0.4 is 5.73 Å². The molecule has 0 saturated heterocycles. The van der Waals surface area contributed by atoms with Crippen LogP contribution in [0.1, 0.15) is 17.9 Å². The third-order valence-corrected chi connectivity index (χ3v) is 2.50. The van der Waals surface area contributed by atoms with E-state index in [1.165, 1.54) is 6.07 Å². The van der Waals surface area contributed by atoms with Gasteiger partial charge in [-0.2, -0.15) is 0 Å². The van der Waals surface area contributed by atoms with Crippen molar-refractivity contribution in [2.45, 2.75) is 18.4 Å². The van der Waals surface area contributed by atoms with Crippen molar-refractivity contribution in [3.63, 3.8) is 0 Å². The van der Waals surface area contributed by atoms with Gasteiger partial charge >= 0.3 is 0 Å². The van der Waals surface area contributed by atoms with Crippen molar-refractivity contribution in [1.29, 1.82) is 0 Å². The van der Waals surface area contributed by atoms with E-state index in [9.17, 15) is 4.39 Å². The summed E-state index contributed by atoms with van der Waals surface area (Å²) < 4.78 is 12.7. The van der Waals surface area contributed by atoms with Crippen LogP contribution in [0.3, 0.4) is 0 Å². The van der Waals surface area contributed by atoms with E-state index in [-0.39, 0.29) is 16.9 Å². The molecule has 0 amide bonds. The Morgan fingerprint density at radius 2 is 2.17 bits per heavy atom. The van der Waals surface area contributed by atoms with Gasteiger partial charge in [0.1, 0.15) is 5.82 Å². The Hall–Kier alpha value is -0.600. The van der Waals surface area contributed by atoms with E-state index >= 15 is 0 Å². The van der Waals surface area contributed by atoms with E-state index in [4.69, 9.17) is 17.3 Å². The summed E-state index contributed by atoms with van der Waals surface area (Å²) in [5.74, 6) is 0.0257. The molecule has 1 aliphatic rings. The quantitative estimate of drug-likeness (QED) is 0.714. The van der Waals surface area contributed by atoms with Crippen molar-refractivity contribution in [2.75, 3.05) is 0 Å². The first-order valence-electron chi connectivity index (χ1n) is 3.89. The van der Waals surface area contributed by atoms with Gasteiger partial charge in [0.15, 0.2) is 0 Å². The van der Waals surface area contributed by atoms with Crippen LogP contribution >= 0.6 is 11.6 Å². The second kappa shape index (κ2) is 2.71. The molecule has 2 N–H and O–H groups in total. The van der Waals surface area contributed by atoms with E-state index < -0.39 is 0 Å². The number of hydrogen-bond donors (Lipinski definition) is 1. The van der Waals surface area contributed by atoms with Gasteiger partial charge in [-0.1, -0.05) is 17.7 Å². The molecule has 1 fully saturated rings. The molecule has 0 radical (unpaired) electrons. The van der Waals surface area contributed by atoms with Gasteiger partial charge in [0.05, 0.1) is 5.02 Å². The number of hydrogen-bond acceptors (Lipinski definition) is 1. The number of nitrogens with two attached hydrogens (primary N) is 1. The lowest BCUT2D eigenvalue weighted by molar-refractivity contribution is 0.627. The molecule has 64 valence electrons. The predicted molar refractivity (Wildman–Crippen MR) is 46.7 cm³/mol. The van der Waals surface area contributed by atoms with Crippen LogP contribution in [0.4, 0.5) is 4.39 Å². The molecule has 1 aliphatic carbocycles. The molecule has 0 heterocycles. The standard InChI is InChI=1S/C9H9ClFN/c10-7-3-5(1-2-8(7)11)6-4-9(6)12/h1-3,6,9H,4,12H2/t6-,9+/m0/s1. The minimum Gasteiger partial charge on any atom is -0.327 e. The van der Waals surface area contributed by atoms with Crippen LogP contribution in [0, 0.1) is 5.82 Å². The van der Waals surface area contributed by atoms with Crippen LogP contribution in [0.5, 0.6) is 0 Å². The average Bonchev–Trinajstić information content (AvgIpc) is 2.73. The lowest BCUT2D eigenvalue weighted by Gasteiger charge is -1.99. The number of benzene rings is 1. The fraction of sp³-hybridized carbons (Fsp3) is 0.333. The molecule has 0 spiro atoms. The maximum atomic E-state index is 12.7. The first-order valence-corrected chi connectivity index (χ1v) is 4.27. The van der Waals surface area contributed by atoms with Crippen LogP contribution in [0.25, 0.3) is 0 Å². The van der Waals surface area contributed by atoms with E-state index in [1.807, 2.05) is 0 Å². The topological polar surface area (TPSA) is 26.0 Å². The lowest BCUT2D eigenvalue weighted by Crippen LogP contribution is -2.00. The summed E-state index contributed by atoms with van der Waals surface area (Å²) in [6.45, 7) is 0. The maximum absolute atomic E-state index is 12.7. The van der Waals surface area contributed by atoms with Gasteiger partial charge in [-0.3, -0.25) is 0 Å². The van der Waals surface area contributed by atoms with Crippen molar-refractivity contribution < 1.29 is 4.39 Å². The fourth-order valence-electron chi connectivity index (χ4n) is 1.34. The summed E-state index contributed by atoms with van der Waals surface area (Å²) in [5, 5.41) is 0.187. The van der Waals surface area contributed by atoms with Crippen LogP contribution in [0.15, 0.2) is 18.2 Å². The number of rotatable bonds is 1. The second-order valence-electron chi connectivity index (χ2n) is 3.18. The molecule has 1 aromatic rings. The summed E-state index contributed by atoms with van der Waals surface area (Å²) in [7, 11) is 0. The molecule has 2 atom stereocenters. The highest BCUT2D eigenvalue weighted by Crippen LogP contribution is 2.39. The Kier molecular flexibility index (Phi) is 1.81. The Labute approximate surface area is 75.3 Å². The third kappa shape index (κ3) is 1.32. The van der Waals surface area contributed by atoms with Gasteiger partial charge in [-0.15, -0.1) is 0 Å². The fourth-order valence-corrected chi connectivity index (χ4v) is 1.53. The van der Waals surface area contributed by atoms with Gasteiger partial charge in [-0.25, -0.2) is 4.39 Å². The van der Waals surface area contributed by atoms with Gasteiger partial charge in [-0.05, 0) is 24.1 Å². The molecule has 1 nitrogen and oxygen atoms in total. The highest BCUT2D eigenvalue weighted by Gasteiger charge is 2.34. The molecule has 1 aromatic carbocycles. The highest BCUT2D eigenvalue weighted by atomic mass is 35.5. The number of halogens is 2.